The molecule has 2 N–H and O–H groups in total. The smallest absolute Gasteiger partial charge is 0.269 e. The van der Waals surface area contributed by atoms with E-state index in [1.807, 2.05) is 6.07 Å². The molecule has 0 atom stereocenters. The predicted molar refractivity (Wildman–Crippen MR) is 132 cm³/mol. The highest BCUT2D eigenvalue weighted by atomic mass is 35.5. The number of aromatic nitrogens is 2. The fraction of sp³-hybridized carbons (Fsp3) is 0.167. The summed E-state index contributed by atoms with van der Waals surface area (Å²) in [7, 11) is -3.86. The molecule has 14 heteroatoms. The summed E-state index contributed by atoms with van der Waals surface area (Å²) in [6, 6.07) is 9.75. The molecule has 0 spiro atoms. The molecule has 32 heavy (non-hydrogen) atoms. The first-order chi connectivity index (χ1) is 15.2. The van der Waals surface area contributed by atoms with Gasteiger partial charge in [-0.15, -0.1) is 10.2 Å². The minimum atomic E-state index is -3.86. The van der Waals surface area contributed by atoms with Gasteiger partial charge in [0.25, 0.3) is 15.9 Å². The lowest BCUT2D eigenvalue weighted by Crippen LogP contribution is -2.26. The van der Waals surface area contributed by atoms with E-state index in [2.05, 4.69) is 20.2 Å². The van der Waals surface area contributed by atoms with E-state index in [0.29, 0.717) is 26.6 Å². The molecule has 0 unspecified atom stereocenters. The Morgan fingerprint density at radius 3 is 2.50 bits per heavy atom. The zero-order chi connectivity index (χ0) is 23.3. The zero-order valence-corrected chi connectivity index (χ0v) is 21.4. The highest BCUT2D eigenvalue weighted by molar-refractivity contribution is 7.98. The summed E-state index contributed by atoms with van der Waals surface area (Å²) in [6.45, 7) is 0.190. The maximum Gasteiger partial charge on any atom is 0.269 e. The number of carbonyl (C=O) groups is 1. The molecular formula is C18H14Cl4N4O3S3. The van der Waals surface area contributed by atoms with Gasteiger partial charge in [-0.3, -0.25) is 10.1 Å². The number of hydrogen-bond acceptors (Lipinski definition) is 7. The molecule has 0 fully saturated rings. The van der Waals surface area contributed by atoms with Gasteiger partial charge in [-0.1, -0.05) is 63.8 Å². The molecule has 1 aromatic heterocycles. The SMILES string of the molecule is O=C(Nc1nnc(S(=O)(=O)NCCSCc2ccc(Cl)c(Cl)c2)s1)c1ccc(Cl)cc1Cl. The average Bonchev–Trinajstić information content (AvgIpc) is 3.19. The Hall–Kier alpha value is -1.11. The predicted octanol–water partition coefficient (Wildman–Crippen LogP) is 5.62. The number of carbonyl (C=O) groups excluding carboxylic acids is 1. The molecule has 0 aliphatic carbocycles. The van der Waals surface area contributed by atoms with Crippen molar-refractivity contribution in [2.24, 2.45) is 0 Å². The Labute approximate surface area is 212 Å². The summed E-state index contributed by atoms with van der Waals surface area (Å²) in [6.07, 6.45) is 0. The molecule has 7 nitrogen and oxygen atoms in total. The van der Waals surface area contributed by atoms with E-state index in [4.69, 9.17) is 46.4 Å². The van der Waals surface area contributed by atoms with E-state index < -0.39 is 15.9 Å². The fourth-order valence-electron chi connectivity index (χ4n) is 2.34. The quantitative estimate of drug-likeness (QED) is 0.255. The van der Waals surface area contributed by atoms with Crippen molar-refractivity contribution in [1.29, 1.82) is 0 Å². The van der Waals surface area contributed by atoms with Crippen LogP contribution < -0.4 is 10.0 Å². The first-order valence-electron chi connectivity index (χ1n) is 8.77. The van der Waals surface area contributed by atoms with Crippen molar-refractivity contribution in [2.45, 2.75) is 10.1 Å². The normalized spacial score (nSPS) is 11.5. The highest BCUT2D eigenvalue weighted by Crippen LogP contribution is 2.26. The molecule has 170 valence electrons. The van der Waals surface area contributed by atoms with Crippen molar-refractivity contribution in [3.05, 3.63) is 67.6 Å². The number of benzene rings is 2. The number of thioether (sulfide) groups is 1. The van der Waals surface area contributed by atoms with Crippen LogP contribution in [0.4, 0.5) is 5.13 Å². The third-order valence-electron chi connectivity index (χ3n) is 3.82. The lowest BCUT2D eigenvalue weighted by atomic mass is 10.2. The average molecular weight is 572 g/mol. The lowest BCUT2D eigenvalue weighted by molar-refractivity contribution is 0.102. The van der Waals surface area contributed by atoms with Gasteiger partial charge in [-0.25, -0.2) is 13.1 Å². The van der Waals surface area contributed by atoms with E-state index >= 15 is 0 Å². The molecule has 0 aliphatic rings. The number of hydrogen-bond donors (Lipinski definition) is 2. The van der Waals surface area contributed by atoms with Crippen molar-refractivity contribution in [3.8, 4) is 0 Å². The second kappa shape index (κ2) is 11.3. The standard InChI is InChI=1S/C18H14Cl4N4O3S3/c19-11-2-3-12(14(21)8-11)16(27)24-17-25-26-18(31-17)32(28,29)23-5-6-30-9-10-1-4-13(20)15(22)7-10/h1-4,7-8,23H,5-6,9H2,(H,24,25,27). The molecule has 1 amide bonds. The van der Waals surface area contributed by atoms with Crippen LogP contribution in [0.15, 0.2) is 40.7 Å². The van der Waals surface area contributed by atoms with Gasteiger partial charge < -0.3 is 0 Å². The monoisotopic (exact) mass is 570 g/mol. The topological polar surface area (TPSA) is 101 Å². The molecule has 1 heterocycles. The van der Waals surface area contributed by atoms with Crippen LogP contribution in [0.2, 0.25) is 20.1 Å². The third kappa shape index (κ3) is 6.94. The lowest BCUT2D eigenvalue weighted by Gasteiger charge is -2.05. The number of sulfonamides is 1. The van der Waals surface area contributed by atoms with E-state index in [1.165, 1.54) is 30.0 Å². The van der Waals surface area contributed by atoms with Gasteiger partial charge in [0.15, 0.2) is 0 Å². The number of nitrogens with zero attached hydrogens (tertiary/aromatic N) is 2. The summed E-state index contributed by atoms with van der Waals surface area (Å²) in [5.41, 5.74) is 1.16. The fourth-order valence-corrected chi connectivity index (χ4v) is 6.05. The van der Waals surface area contributed by atoms with Crippen LogP contribution in [0.5, 0.6) is 0 Å². The van der Waals surface area contributed by atoms with E-state index in [-0.39, 0.29) is 26.6 Å². The molecule has 2 aromatic carbocycles. The zero-order valence-electron chi connectivity index (χ0n) is 15.9. The Balaban J connectivity index is 1.50. The molecule has 3 rings (SSSR count). The maximum atomic E-state index is 12.4. The van der Waals surface area contributed by atoms with Crippen LogP contribution in [-0.4, -0.2) is 36.8 Å². The molecular weight excluding hydrogens is 558 g/mol. The maximum absolute atomic E-state index is 12.4. The van der Waals surface area contributed by atoms with Gasteiger partial charge in [0.2, 0.25) is 9.47 Å². The summed E-state index contributed by atoms with van der Waals surface area (Å²) < 4.78 is 27.0. The van der Waals surface area contributed by atoms with Gasteiger partial charge in [0.1, 0.15) is 0 Å². The summed E-state index contributed by atoms with van der Waals surface area (Å²) in [4.78, 5) is 12.3. The van der Waals surface area contributed by atoms with Crippen LogP contribution in [0.25, 0.3) is 0 Å². The number of anilines is 1. The Bertz CT molecular complexity index is 1240. The van der Waals surface area contributed by atoms with Gasteiger partial charge >= 0.3 is 0 Å². The van der Waals surface area contributed by atoms with Crippen molar-refractivity contribution >= 4 is 90.6 Å². The number of nitrogens with one attached hydrogen (secondary N) is 2. The number of amides is 1. The minimum Gasteiger partial charge on any atom is -0.296 e. The molecule has 3 aromatic rings. The number of halogens is 4. The number of rotatable bonds is 9. The molecule has 0 saturated carbocycles. The van der Waals surface area contributed by atoms with E-state index in [0.717, 1.165) is 16.9 Å². The summed E-state index contributed by atoms with van der Waals surface area (Å²) in [5, 5.41) is 11.4. The molecule has 0 radical (unpaired) electrons. The second-order valence-electron chi connectivity index (χ2n) is 6.15. The van der Waals surface area contributed by atoms with Crippen molar-refractivity contribution in [1.82, 2.24) is 14.9 Å². The second-order valence-corrected chi connectivity index (χ2v) is 11.8. The van der Waals surface area contributed by atoms with Gasteiger partial charge in [0.05, 0.1) is 20.6 Å². The Kier molecular flexibility index (Phi) is 9.05. The van der Waals surface area contributed by atoms with Crippen LogP contribution >= 0.6 is 69.5 Å². The summed E-state index contributed by atoms with van der Waals surface area (Å²) >= 11 is 26.0. The first kappa shape index (κ1) is 25.5. The van der Waals surface area contributed by atoms with Crippen LogP contribution in [0.1, 0.15) is 15.9 Å². The van der Waals surface area contributed by atoms with Gasteiger partial charge in [-0.2, -0.15) is 11.8 Å². The summed E-state index contributed by atoms with van der Waals surface area (Å²) in [5.74, 6) is 0.621. The van der Waals surface area contributed by atoms with Gasteiger partial charge in [-0.05, 0) is 35.9 Å². The highest BCUT2D eigenvalue weighted by Gasteiger charge is 2.21. The third-order valence-corrected chi connectivity index (χ3v) is 8.81. The van der Waals surface area contributed by atoms with E-state index in [1.54, 1.807) is 12.1 Å². The van der Waals surface area contributed by atoms with Crippen LogP contribution in [-0.2, 0) is 15.8 Å². The largest absolute Gasteiger partial charge is 0.296 e. The van der Waals surface area contributed by atoms with Crippen molar-refractivity contribution in [3.63, 3.8) is 0 Å². The van der Waals surface area contributed by atoms with Crippen LogP contribution in [0.3, 0.4) is 0 Å². The molecule has 0 saturated heterocycles. The van der Waals surface area contributed by atoms with E-state index in [9.17, 15) is 13.2 Å². The Morgan fingerprint density at radius 1 is 1.00 bits per heavy atom. The minimum absolute atomic E-state index is 0.0235. The molecule has 0 aliphatic heterocycles. The van der Waals surface area contributed by atoms with Crippen molar-refractivity contribution in [2.75, 3.05) is 17.6 Å². The van der Waals surface area contributed by atoms with Crippen molar-refractivity contribution < 1.29 is 13.2 Å². The van der Waals surface area contributed by atoms with Gasteiger partial charge in [0, 0.05) is 23.1 Å². The Morgan fingerprint density at radius 2 is 1.78 bits per heavy atom. The van der Waals surface area contributed by atoms with Crippen LogP contribution in [0, 0.1) is 0 Å². The first-order valence-corrected chi connectivity index (χ1v) is 13.7. The molecule has 0 bridgehead atoms.